The highest BCUT2D eigenvalue weighted by molar-refractivity contribution is 7.14. The molecule has 0 unspecified atom stereocenters. The van der Waals surface area contributed by atoms with Gasteiger partial charge in [0.2, 0.25) is 0 Å². The maximum absolute atomic E-state index is 12.6. The number of hydrogen-bond acceptors (Lipinski definition) is 5. The number of amides is 1. The van der Waals surface area contributed by atoms with Crippen LogP contribution in [0.2, 0.25) is 0 Å². The lowest BCUT2D eigenvalue weighted by molar-refractivity contribution is -0.125. The van der Waals surface area contributed by atoms with Gasteiger partial charge in [0.25, 0.3) is 5.91 Å². The molecule has 2 aromatic carbocycles. The molecule has 0 spiro atoms. The van der Waals surface area contributed by atoms with Gasteiger partial charge in [-0.25, -0.2) is 9.78 Å². The Morgan fingerprint density at radius 2 is 2.00 bits per heavy atom. The molecule has 0 radical (unpaired) electrons. The minimum atomic E-state index is -0.847. The monoisotopic (exact) mass is 378 g/mol. The molecular weight excluding hydrogens is 360 g/mol. The van der Waals surface area contributed by atoms with Gasteiger partial charge in [-0.3, -0.25) is 10.1 Å². The van der Waals surface area contributed by atoms with Crippen LogP contribution in [0.25, 0.3) is 11.3 Å². The van der Waals surface area contributed by atoms with Crippen LogP contribution in [0.3, 0.4) is 0 Å². The molecule has 0 aliphatic carbocycles. The second kappa shape index (κ2) is 6.96. The number of thiazole rings is 1. The molecule has 2 heterocycles. The number of rotatable bonds is 3. The van der Waals surface area contributed by atoms with E-state index in [1.165, 1.54) is 11.3 Å². The van der Waals surface area contributed by atoms with Gasteiger partial charge in [0.1, 0.15) is 0 Å². The van der Waals surface area contributed by atoms with Crippen molar-refractivity contribution in [3.63, 3.8) is 0 Å². The Labute approximate surface area is 161 Å². The van der Waals surface area contributed by atoms with E-state index in [1.807, 2.05) is 31.4 Å². The number of anilines is 1. The first-order chi connectivity index (χ1) is 13.0. The van der Waals surface area contributed by atoms with E-state index in [1.54, 1.807) is 12.1 Å². The van der Waals surface area contributed by atoms with E-state index in [0.29, 0.717) is 17.1 Å². The number of nitrogens with one attached hydrogen (secondary N) is 1. The Hall–Kier alpha value is -2.99. The zero-order valence-corrected chi connectivity index (χ0v) is 15.8. The standard InChI is InChI=1S/C21H18N2O3S/c1-12-7-8-13(2)16(9-12)17-11-27-21(22-17)23-19(24)18-10-14-5-3-4-6-15(14)20(25)26-18/h3-9,11,18H,10H2,1-2H3,(H,22,23,24)/t18-/m1/s1. The zero-order chi connectivity index (χ0) is 19.0. The van der Waals surface area contributed by atoms with Crippen LogP contribution in [-0.4, -0.2) is 23.0 Å². The molecule has 1 N–H and O–H groups in total. The van der Waals surface area contributed by atoms with Crippen LogP contribution in [0.15, 0.2) is 47.8 Å². The van der Waals surface area contributed by atoms with Crippen molar-refractivity contribution in [1.29, 1.82) is 0 Å². The quantitative estimate of drug-likeness (QED) is 0.695. The van der Waals surface area contributed by atoms with Crippen LogP contribution in [0, 0.1) is 13.8 Å². The van der Waals surface area contributed by atoms with Crippen molar-refractivity contribution >= 4 is 28.3 Å². The molecule has 0 bridgehead atoms. The van der Waals surface area contributed by atoms with E-state index in [0.717, 1.165) is 27.9 Å². The number of aryl methyl sites for hydroxylation is 2. The smallest absolute Gasteiger partial charge is 0.339 e. The first kappa shape index (κ1) is 17.4. The molecule has 1 aliphatic rings. The highest BCUT2D eigenvalue weighted by atomic mass is 32.1. The van der Waals surface area contributed by atoms with Gasteiger partial charge in [-0.2, -0.15) is 0 Å². The lowest BCUT2D eigenvalue weighted by atomic mass is 9.98. The van der Waals surface area contributed by atoms with Gasteiger partial charge < -0.3 is 4.74 Å². The van der Waals surface area contributed by atoms with Crippen molar-refractivity contribution < 1.29 is 14.3 Å². The molecule has 5 nitrogen and oxygen atoms in total. The predicted molar refractivity (Wildman–Crippen MR) is 105 cm³/mol. The molecule has 27 heavy (non-hydrogen) atoms. The first-order valence-electron chi connectivity index (χ1n) is 8.64. The van der Waals surface area contributed by atoms with Gasteiger partial charge in [0.15, 0.2) is 11.2 Å². The summed E-state index contributed by atoms with van der Waals surface area (Å²) in [7, 11) is 0. The average molecular weight is 378 g/mol. The predicted octanol–water partition coefficient (Wildman–Crippen LogP) is 4.15. The molecule has 0 saturated heterocycles. The summed E-state index contributed by atoms with van der Waals surface area (Å²) in [6.07, 6.45) is -0.483. The fourth-order valence-electron chi connectivity index (χ4n) is 3.13. The number of carbonyl (C=O) groups is 2. The third-order valence-corrected chi connectivity index (χ3v) is 5.35. The molecule has 1 aromatic heterocycles. The minimum absolute atomic E-state index is 0.361. The number of carbonyl (C=O) groups excluding carboxylic acids is 2. The SMILES string of the molecule is Cc1ccc(C)c(-c2csc(NC(=O)[C@H]3Cc4ccccc4C(=O)O3)n2)c1. The summed E-state index contributed by atoms with van der Waals surface area (Å²) in [5.74, 6) is -0.827. The molecule has 0 saturated carbocycles. The molecule has 136 valence electrons. The van der Waals surface area contributed by atoms with Crippen molar-refractivity contribution in [2.75, 3.05) is 5.32 Å². The van der Waals surface area contributed by atoms with E-state index in [4.69, 9.17) is 4.74 Å². The van der Waals surface area contributed by atoms with E-state index < -0.39 is 12.1 Å². The van der Waals surface area contributed by atoms with Gasteiger partial charge in [-0.15, -0.1) is 11.3 Å². The van der Waals surface area contributed by atoms with E-state index in [-0.39, 0.29) is 5.91 Å². The maximum Gasteiger partial charge on any atom is 0.339 e. The molecule has 6 heteroatoms. The van der Waals surface area contributed by atoms with Crippen molar-refractivity contribution in [2.24, 2.45) is 0 Å². The summed E-state index contributed by atoms with van der Waals surface area (Å²) in [6, 6.07) is 13.4. The summed E-state index contributed by atoms with van der Waals surface area (Å²) in [5, 5.41) is 5.19. The highest BCUT2D eigenvalue weighted by Crippen LogP contribution is 2.29. The van der Waals surface area contributed by atoms with Crippen molar-refractivity contribution in [1.82, 2.24) is 4.98 Å². The second-order valence-electron chi connectivity index (χ2n) is 6.60. The lowest BCUT2D eigenvalue weighted by Crippen LogP contribution is -2.37. The van der Waals surface area contributed by atoms with Crippen molar-refractivity contribution in [2.45, 2.75) is 26.4 Å². The lowest BCUT2D eigenvalue weighted by Gasteiger charge is -2.23. The Kier molecular flexibility index (Phi) is 4.49. The van der Waals surface area contributed by atoms with Crippen molar-refractivity contribution in [3.05, 3.63) is 70.1 Å². The van der Waals surface area contributed by atoms with Crippen LogP contribution in [0.5, 0.6) is 0 Å². The fraction of sp³-hybridized carbons (Fsp3) is 0.190. The third-order valence-electron chi connectivity index (χ3n) is 4.59. The molecule has 0 fully saturated rings. The summed E-state index contributed by atoms with van der Waals surface area (Å²) >= 11 is 1.35. The number of esters is 1. The summed E-state index contributed by atoms with van der Waals surface area (Å²) in [4.78, 5) is 29.2. The summed E-state index contributed by atoms with van der Waals surface area (Å²) in [6.45, 7) is 4.07. The molecule has 1 atom stereocenters. The van der Waals surface area contributed by atoms with Gasteiger partial charge in [-0.1, -0.05) is 35.9 Å². The minimum Gasteiger partial charge on any atom is -0.448 e. The molecule has 1 amide bonds. The number of nitrogens with zero attached hydrogens (tertiary/aromatic N) is 1. The number of benzene rings is 2. The van der Waals surface area contributed by atoms with Crippen LogP contribution in [0.1, 0.15) is 27.0 Å². The second-order valence-corrected chi connectivity index (χ2v) is 7.46. The van der Waals surface area contributed by atoms with E-state index >= 15 is 0 Å². The topological polar surface area (TPSA) is 68.3 Å². The van der Waals surface area contributed by atoms with Crippen LogP contribution in [0.4, 0.5) is 5.13 Å². The Bertz CT molecular complexity index is 1040. The third kappa shape index (κ3) is 3.48. The number of fused-ring (bicyclic) bond motifs is 1. The van der Waals surface area contributed by atoms with Crippen LogP contribution < -0.4 is 5.32 Å². The Morgan fingerprint density at radius 1 is 1.19 bits per heavy atom. The maximum atomic E-state index is 12.6. The normalized spacial score (nSPS) is 15.8. The Balaban J connectivity index is 1.51. The van der Waals surface area contributed by atoms with Gasteiger partial charge in [0, 0.05) is 17.4 Å². The average Bonchev–Trinajstić information content (AvgIpc) is 3.12. The van der Waals surface area contributed by atoms with Gasteiger partial charge in [-0.05, 0) is 37.1 Å². The van der Waals surface area contributed by atoms with Crippen LogP contribution >= 0.6 is 11.3 Å². The van der Waals surface area contributed by atoms with Crippen molar-refractivity contribution in [3.8, 4) is 11.3 Å². The number of ether oxygens (including phenoxy) is 1. The summed E-state index contributed by atoms with van der Waals surface area (Å²) < 4.78 is 5.30. The highest BCUT2D eigenvalue weighted by Gasteiger charge is 2.31. The van der Waals surface area contributed by atoms with E-state index in [9.17, 15) is 9.59 Å². The summed E-state index contributed by atoms with van der Waals surface area (Å²) in [5.41, 5.74) is 5.49. The fourth-order valence-corrected chi connectivity index (χ4v) is 3.84. The first-order valence-corrected chi connectivity index (χ1v) is 9.52. The molecule has 1 aliphatic heterocycles. The Morgan fingerprint density at radius 3 is 2.85 bits per heavy atom. The number of hydrogen-bond donors (Lipinski definition) is 1. The van der Waals surface area contributed by atoms with Gasteiger partial charge in [0.05, 0.1) is 11.3 Å². The number of cyclic esters (lactones) is 1. The number of aromatic nitrogens is 1. The van der Waals surface area contributed by atoms with Gasteiger partial charge >= 0.3 is 5.97 Å². The zero-order valence-electron chi connectivity index (χ0n) is 15.0. The van der Waals surface area contributed by atoms with Crippen LogP contribution in [-0.2, 0) is 16.0 Å². The largest absolute Gasteiger partial charge is 0.448 e. The molecule has 3 aromatic rings. The van der Waals surface area contributed by atoms with E-state index in [2.05, 4.69) is 28.5 Å². The molecule has 4 rings (SSSR count). The molecular formula is C21H18N2O3S.